The van der Waals surface area contributed by atoms with E-state index in [0.29, 0.717) is 30.9 Å². The van der Waals surface area contributed by atoms with Gasteiger partial charge in [-0.25, -0.2) is 4.39 Å². The van der Waals surface area contributed by atoms with E-state index in [1.54, 1.807) is 19.1 Å². The van der Waals surface area contributed by atoms with Gasteiger partial charge in [-0.05, 0) is 24.6 Å². The van der Waals surface area contributed by atoms with Gasteiger partial charge in [-0.15, -0.1) is 0 Å². The van der Waals surface area contributed by atoms with E-state index in [2.05, 4.69) is 16.7 Å². The second-order valence-corrected chi connectivity index (χ2v) is 6.70. The fourth-order valence-corrected chi connectivity index (χ4v) is 3.53. The van der Waals surface area contributed by atoms with Crippen molar-refractivity contribution in [1.29, 1.82) is 0 Å². The standard InChI is InChI=1S/C20H22FN3O/c1-14-5-4-6-15(18(14)21)13-22-19-20(9-11-25-12-10-20)24-17-8-3-2-7-16(17)23-19/h2-8,24H,9-13H2,1H3,(H,22,23). The van der Waals surface area contributed by atoms with Crippen molar-refractivity contribution in [2.45, 2.75) is 31.8 Å². The van der Waals surface area contributed by atoms with Gasteiger partial charge >= 0.3 is 0 Å². The SMILES string of the molecule is Cc1cccc(CN=C2Nc3ccccc3NC23CCOCC3)c1F. The van der Waals surface area contributed by atoms with Gasteiger partial charge in [-0.1, -0.05) is 30.3 Å². The molecule has 1 saturated heterocycles. The average Bonchev–Trinajstić information content (AvgIpc) is 2.64. The lowest BCUT2D eigenvalue weighted by Crippen LogP contribution is -2.55. The molecule has 0 saturated carbocycles. The number of hydrogen-bond acceptors (Lipinski definition) is 3. The second kappa shape index (κ2) is 6.48. The van der Waals surface area contributed by atoms with Crippen LogP contribution in [0, 0.1) is 12.7 Å². The van der Waals surface area contributed by atoms with E-state index < -0.39 is 0 Å². The molecule has 130 valence electrons. The largest absolute Gasteiger partial charge is 0.381 e. The molecule has 4 nitrogen and oxygen atoms in total. The Hall–Kier alpha value is -2.40. The van der Waals surface area contributed by atoms with E-state index in [-0.39, 0.29) is 11.4 Å². The van der Waals surface area contributed by atoms with E-state index >= 15 is 0 Å². The Morgan fingerprint density at radius 2 is 1.84 bits per heavy atom. The fourth-order valence-electron chi connectivity index (χ4n) is 3.53. The Bertz CT molecular complexity index is 812. The quantitative estimate of drug-likeness (QED) is 0.865. The molecule has 25 heavy (non-hydrogen) atoms. The maximum atomic E-state index is 14.3. The van der Waals surface area contributed by atoms with Crippen LogP contribution in [-0.2, 0) is 11.3 Å². The molecule has 0 atom stereocenters. The van der Waals surface area contributed by atoms with Crippen molar-refractivity contribution in [3.63, 3.8) is 0 Å². The summed E-state index contributed by atoms with van der Waals surface area (Å²) in [6.07, 6.45) is 1.67. The molecule has 4 rings (SSSR count). The molecule has 0 amide bonds. The molecule has 2 aromatic carbocycles. The van der Waals surface area contributed by atoms with Crippen molar-refractivity contribution in [2.75, 3.05) is 23.8 Å². The Morgan fingerprint density at radius 3 is 2.64 bits per heavy atom. The minimum Gasteiger partial charge on any atom is -0.381 e. The summed E-state index contributed by atoms with van der Waals surface area (Å²) in [6.45, 7) is 3.48. The molecule has 5 heteroatoms. The molecule has 2 N–H and O–H groups in total. The third-order valence-corrected chi connectivity index (χ3v) is 5.03. The number of aryl methyl sites for hydroxylation is 1. The van der Waals surface area contributed by atoms with Crippen LogP contribution in [0.5, 0.6) is 0 Å². The summed E-state index contributed by atoms with van der Waals surface area (Å²) in [5.74, 6) is 0.701. The zero-order valence-corrected chi connectivity index (χ0v) is 14.3. The monoisotopic (exact) mass is 339 g/mol. The molecule has 2 aliphatic rings. The molecule has 0 bridgehead atoms. The minimum atomic E-state index is -0.271. The third-order valence-electron chi connectivity index (χ3n) is 5.03. The summed E-state index contributed by atoms with van der Waals surface area (Å²) in [6, 6.07) is 13.6. The number of hydrogen-bond donors (Lipinski definition) is 2. The van der Waals surface area contributed by atoms with Crippen molar-refractivity contribution in [2.24, 2.45) is 4.99 Å². The van der Waals surface area contributed by atoms with Crippen LogP contribution in [0.4, 0.5) is 15.8 Å². The highest BCUT2D eigenvalue weighted by Gasteiger charge is 2.41. The van der Waals surface area contributed by atoms with Crippen molar-refractivity contribution in [3.05, 3.63) is 59.4 Å². The van der Waals surface area contributed by atoms with Gasteiger partial charge in [0.15, 0.2) is 0 Å². The van der Waals surface area contributed by atoms with Crippen molar-refractivity contribution < 1.29 is 9.13 Å². The lowest BCUT2D eigenvalue weighted by atomic mass is 9.86. The predicted molar refractivity (Wildman–Crippen MR) is 98.7 cm³/mol. The number of anilines is 2. The number of halogens is 1. The lowest BCUT2D eigenvalue weighted by Gasteiger charge is -2.43. The number of benzene rings is 2. The highest BCUT2D eigenvalue weighted by Crippen LogP contribution is 2.36. The Labute approximate surface area is 147 Å². The van der Waals surface area contributed by atoms with Crippen molar-refractivity contribution in [1.82, 2.24) is 0 Å². The normalized spacial score (nSPS) is 20.0. The summed E-state index contributed by atoms with van der Waals surface area (Å²) < 4.78 is 19.9. The molecule has 2 aliphatic heterocycles. The summed E-state index contributed by atoms with van der Waals surface area (Å²) in [7, 11) is 0. The fraction of sp³-hybridized carbons (Fsp3) is 0.350. The highest BCUT2D eigenvalue weighted by molar-refractivity contribution is 6.09. The second-order valence-electron chi connectivity index (χ2n) is 6.70. The molecule has 0 aromatic heterocycles. The van der Waals surface area contributed by atoms with Crippen LogP contribution in [0.3, 0.4) is 0 Å². The zero-order valence-electron chi connectivity index (χ0n) is 14.3. The number of nitrogens with one attached hydrogen (secondary N) is 2. The molecule has 1 fully saturated rings. The summed E-state index contributed by atoms with van der Waals surface area (Å²) >= 11 is 0. The first kappa shape index (κ1) is 16.1. The van der Waals surface area contributed by atoms with Gasteiger partial charge in [0.2, 0.25) is 0 Å². The van der Waals surface area contributed by atoms with Crippen LogP contribution in [0.25, 0.3) is 0 Å². The summed E-state index contributed by atoms with van der Waals surface area (Å²) in [4.78, 5) is 4.78. The average molecular weight is 339 g/mol. The molecular weight excluding hydrogens is 317 g/mol. The molecular formula is C20H22FN3O. The predicted octanol–water partition coefficient (Wildman–Crippen LogP) is 4.12. The van der Waals surface area contributed by atoms with Gasteiger partial charge in [-0.2, -0.15) is 0 Å². The zero-order chi connectivity index (χ0) is 17.3. The maximum absolute atomic E-state index is 14.3. The topological polar surface area (TPSA) is 45.7 Å². The van der Waals surface area contributed by atoms with Gasteiger partial charge in [0, 0.05) is 31.6 Å². The lowest BCUT2D eigenvalue weighted by molar-refractivity contribution is 0.0778. The van der Waals surface area contributed by atoms with Crippen molar-refractivity contribution in [3.8, 4) is 0 Å². The van der Waals surface area contributed by atoms with Crippen LogP contribution in [0.15, 0.2) is 47.5 Å². The number of para-hydroxylation sites is 2. The smallest absolute Gasteiger partial charge is 0.131 e. The first-order valence-electron chi connectivity index (χ1n) is 8.69. The molecule has 2 heterocycles. The van der Waals surface area contributed by atoms with Gasteiger partial charge in [0.1, 0.15) is 11.7 Å². The van der Waals surface area contributed by atoms with Crippen LogP contribution < -0.4 is 10.6 Å². The number of fused-ring (bicyclic) bond motifs is 1. The van der Waals surface area contributed by atoms with Gasteiger partial charge in [0.05, 0.1) is 23.5 Å². The maximum Gasteiger partial charge on any atom is 0.131 e. The van der Waals surface area contributed by atoms with E-state index in [1.807, 2.05) is 24.3 Å². The van der Waals surface area contributed by atoms with Crippen molar-refractivity contribution >= 4 is 17.2 Å². The number of amidine groups is 1. The van der Waals surface area contributed by atoms with Gasteiger partial charge in [0.25, 0.3) is 0 Å². The number of nitrogens with zero attached hydrogens (tertiary/aromatic N) is 1. The Balaban J connectivity index is 1.68. The van der Waals surface area contributed by atoms with Crippen LogP contribution in [0.2, 0.25) is 0 Å². The van der Waals surface area contributed by atoms with E-state index in [9.17, 15) is 4.39 Å². The highest BCUT2D eigenvalue weighted by atomic mass is 19.1. The summed E-state index contributed by atoms with van der Waals surface area (Å²) in [5.41, 5.74) is 3.08. The Morgan fingerprint density at radius 1 is 1.08 bits per heavy atom. The minimum absolute atomic E-state index is 0.169. The molecule has 0 radical (unpaired) electrons. The van der Waals surface area contributed by atoms with Gasteiger partial charge in [-0.3, -0.25) is 4.99 Å². The third kappa shape index (κ3) is 3.00. The van der Waals surface area contributed by atoms with E-state index in [0.717, 1.165) is 30.1 Å². The number of rotatable bonds is 2. The molecule has 0 aliphatic carbocycles. The summed E-state index contributed by atoms with van der Waals surface area (Å²) in [5, 5.41) is 7.13. The number of aliphatic imine (C=N–C) groups is 1. The first-order chi connectivity index (χ1) is 12.2. The molecule has 2 aromatic rings. The van der Waals surface area contributed by atoms with E-state index in [4.69, 9.17) is 9.73 Å². The van der Waals surface area contributed by atoms with Crippen LogP contribution in [0.1, 0.15) is 24.0 Å². The molecule has 1 spiro atoms. The van der Waals surface area contributed by atoms with Crippen LogP contribution in [-0.4, -0.2) is 24.6 Å². The number of ether oxygens (including phenoxy) is 1. The first-order valence-corrected chi connectivity index (χ1v) is 8.69. The molecule has 0 unspecified atom stereocenters. The van der Waals surface area contributed by atoms with E-state index in [1.165, 1.54) is 0 Å². The van der Waals surface area contributed by atoms with Crippen LogP contribution >= 0.6 is 0 Å². The van der Waals surface area contributed by atoms with Gasteiger partial charge < -0.3 is 15.4 Å². The Kier molecular flexibility index (Phi) is 4.17.